The van der Waals surface area contributed by atoms with Crippen molar-refractivity contribution in [2.75, 3.05) is 0 Å². The van der Waals surface area contributed by atoms with Crippen molar-refractivity contribution < 1.29 is 4.39 Å². The Morgan fingerprint density at radius 2 is 2.00 bits per heavy atom. The number of nitrogens with zero attached hydrogens (tertiary/aromatic N) is 2. The minimum atomic E-state index is -0.279. The summed E-state index contributed by atoms with van der Waals surface area (Å²) in [6.07, 6.45) is 1.67. The van der Waals surface area contributed by atoms with E-state index in [2.05, 4.69) is 5.10 Å². The largest absolute Gasteiger partial charge is 0.326 e. The Kier molecular flexibility index (Phi) is 3.77. The first-order chi connectivity index (χ1) is 8.69. The number of aromatic nitrogens is 2. The standard InChI is InChI=1S/C14H18FN3/c1-3-11-8-12(4-2)18(17-11)14-6-5-10(9-16)7-13(14)15/h5-8H,3-4,9,16H2,1-2H3. The maximum absolute atomic E-state index is 14.0. The van der Waals surface area contributed by atoms with E-state index in [0.717, 1.165) is 29.8 Å². The maximum Gasteiger partial charge on any atom is 0.149 e. The van der Waals surface area contributed by atoms with Crippen LogP contribution in [0.4, 0.5) is 4.39 Å². The fourth-order valence-electron chi connectivity index (χ4n) is 1.96. The number of hydrogen-bond acceptors (Lipinski definition) is 2. The van der Waals surface area contributed by atoms with E-state index in [1.807, 2.05) is 26.0 Å². The third-order valence-electron chi connectivity index (χ3n) is 3.03. The molecular weight excluding hydrogens is 229 g/mol. The molecule has 0 amide bonds. The second-order valence-electron chi connectivity index (χ2n) is 4.24. The summed E-state index contributed by atoms with van der Waals surface area (Å²) in [5, 5.41) is 4.43. The zero-order valence-corrected chi connectivity index (χ0v) is 10.8. The van der Waals surface area contributed by atoms with Crippen molar-refractivity contribution in [3.8, 4) is 5.69 Å². The molecule has 0 saturated heterocycles. The van der Waals surface area contributed by atoms with Gasteiger partial charge in [0.2, 0.25) is 0 Å². The molecule has 0 radical (unpaired) electrons. The Balaban J connectivity index is 2.50. The molecule has 0 aliphatic rings. The van der Waals surface area contributed by atoms with Gasteiger partial charge in [0, 0.05) is 12.2 Å². The number of nitrogens with two attached hydrogens (primary N) is 1. The molecule has 2 rings (SSSR count). The van der Waals surface area contributed by atoms with Crippen molar-refractivity contribution in [3.63, 3.8) is 0 Å². The normalized spacial score (nSPS) is 10.9. The van der Waals surface area contributed by atoms with Crippen molar-refractivity contribution in [3.05, 3.63) is 47.0 Å². The van der Waals surface area contributed by atoms with E-state index >= 15 is 0 Å². The van der Waals surface area contributed by atoms with Crippen molar-refractivity contribution >= 4 is 0 Å². The summed E-state index contributed by atoms with van der Waals surface area (Å²) in [7, 11) is 0. The first-order valence-electron chi connectivity index (χ1n) is 6.26. The average molecular weight is 247 g/mol. The second-order valence-corrected chi connectivity index (χ2v) is 4.24. The maximum atomic E-state index is 14.0. The Hall–Kier alpha value is -1.68. The minimum Gasteiger partial charge on any atom is -0.326 e. The van der Waals surface area contributed by atoms with Gasteiger partial charge in [-0.25, -0.2) is 9.07 Å². The Labute approximate surface area is 106 Å². The Morgan fingerprint density at radius 3 is 2.56 bits per heavy atom. The van der Waals surface area contributed by atoms with Crippen LogP contribution < -0.4 is 5.73 Å². The predicted octanol–water partition coefficient (Wildman–Crippen LogP) is 2.59. The van der Waals surface area contributed by atoms with E-state index < -0.39 is 0 Å². The molecule has 0 atom stereocenters. The molecule has 2 aromatic rings. The summed E-state index contributed by atoms with van der Waals surface area (Å²) >= 11 is 0. The second kappa shape index (κ2) is 5.31. The van der Waals surface area contributed by atoms with Gasteiger partial charge in [0.15, 0.2) is 0 Å². The van der Waals surface area contributed by atoms with Gasteiger partial charge in [-0.2, -0.15) is 5.10 Å². The van der Waals surface area contributed by atoms with Crippen molar-refractivity contribution in [1.82, 2.24) is 9.78 Å². The number of rotatable bonds is 4. The van der Waals surface area contributed by atoms with Gasteiger partial charge < -0.3 is 5.73 Å². The van der Waals surface area contributed by atoms with E-state index in [1.165, 1.54) is 6.07 Å². The number of aryl methyl sites for hydroxylation is 2. The average Bonchev–Trinajstić information content (AvgIpc) is 2.81. The van der Waals surface area contributed by atoms with Gasteiger partial charge in [-0.1, -0.05) is 19.9 Å². The number of halogens is 1. The van der Waals surface area contributed by atoms with Crippen LogP contribution in [-0.2, 0) is 19.4 Å². The molecule has 0 spiro atoms. The van der Waals surface area contributed by atoms with Gasteiger partial charge in [-0.3, -0.25) is 0 Å². The zero-order valence-electron chi connectivity index (χ0n) is 10.8. The molecule has 0 unspecified atom stereocenters. The van der Waals surface area contributed by atoms with Crippen LogP contribution in [0, 0.1) is 5.82 Å². The third kappa shape index (κ3) is 2.29. The topological polar surface area (TPSA) is 43.8 Å². The highest BCUT2D eigenvalue weighted by Gasteiger charge is 2.11. The molecule has 1 aromatic heterocycles. The molecule has 3 nitrogen and oxygen atoms in total. The van der Waals surface area contributed by atoms with E-state index in [0.29, 0.717) is 12.2 Å². The molecular formula is C14H18FN3. The SMILES string of the molecule is CCc1cc(CC)n(-c2ccc(CN)cc2F)n1. The molecule has 0 aliphatic carbocycles. The lowest BCUT2D eigenvalue weighted by Crippen LogP contribution is -2.06. The minimum absolute atomic E-state index is 0.279. The molecule has 2 N–H and O–H groups in total. The van der Waals surface area contributed by atoms with E-state index in [1.54, 1.807) is 10.7 Å². The summed E-state index contributed by atoms with van der Waals surface area (Å²) in [4.78, 5) is 0. The summed E-state index contributed by atoms with van der Waals surface area (Å²) < 4.78 is 15.7. The van der Waals surface area contributed by atoms with Crippen LogP contribution in [0.2, 0.25) is 0 Å². The first kappa shape index (κ1) is 12.8. The lowest BCUT2D eigenvalue weighted by atomic mass is 10.2. The molecule has 0 saturated carbocycles. The Morgan fingerprint density at radius 1 is 1.22 bits per heavy atom. The highest BCUT2D eigenvalue weighted by Crippen LogP contribution is 2.18. The van der Waals surface area contributed by atoms with Gasteiger partial charge in [-0.15, -0.1) is 0 Å². The number of hydrogen-bond donors (Lipinski definition) is 1. The smallest absolute Gasteiger partial charge is 0.149 e. The van der Waals surface area contributed by atoms with Gasteiger partial charge in [0.25, 0.3) is 0 Å². The van der Waals surface area contributed by atoms with Crippen molar-refractivity contribution in [2.24, 2.45) is 5.73 Å². The van der Waals surface area contributed by atoms with Crippen molar-refractivity contribution in [2.45, 2.75) is 33.2 Å². The fourth-order valence-corrected chi connectivity index (χ4v) is 1.96. The van der Waals surface area contributed by atoms with Crippen molar-refractivity contribution in [1.29, 1.82) is 0 Å². The monoisotopic (exact) mass is 247 g/mol. The van der Waals surface area contributed by atoms with E-state index in [4.69, 9.17) is 5.73 Å². The summed E-state index contributed by atoms with van der Waals surface area (Å²) in [6.45, 7) is 4.43. The predicted molar refractivity (Wildman–Crippen MR) is 70.2 cm³/mol. The lowest BCUT2D eigenvalue weighted by Gasteiger charge is -2.08. The lowest BCUT2D eigenvalue weighted by molar-refractivity contribution is 0.603. The van der Waals surface area contributed by atoms with Gasteiger partial charge >= 0.3 is 0 Å². The molecule has 0 bridgehead atoms. The summed E-state index contributed by atoms with van der Waals surface area (Å²) in [5.74, 6) is -0.279. The van der Waals surface area contributed by atoms with Crippen LogP contribution in [0.5, 0.6) is 0 Å². The highest BCUT2D eigenvalue weighted by atomic mass is 19.1. The molecule has 96 valence electrons. The van der Waals surface area contributed by atoms with Crippen LogP contribution in [-0.4, -0.2) is 9.78 Å². The first-order valence-corrected chi connectivity index (χ1v) is 6.26. The summed E-state index contributed by atoms with van der Waals surface area (Å²) in [5.41, 5.74) is 8.78. The molecule has 18 heavy (non-hydrogen) atoms. The third-order valence-corrected chi connectivity index (χ3v) is 3.03. The molecule has 1 heterocycles. The molecule has 1 aromatic carbocycles. The highest BCUT2D eigenvalue weighted by molar-refractivity contribution is 5.38. The summed E-state index contributed by atoms with van der Waals surface area (Å²) in [6, 6.07) is 7.08. The van der Waals surface area contributed by atoms with Crippen LogP contribution in [0.25, 0.3) is 5.69 Å². The van der Waals surface area contributed by atoms with E-state index in [-0.39, 0.29) is 5.82 Å². The van der Waals surface area contributed by atoms with Gasteiger partial charge in [0.05, 0.1) is 5.69 Å². The zero-order chi connectivity index (χ0) is 13.1. The Bertz CT molecular complexity index is 546. The van der Waals surface area contributed by atoms with Gasteiger partial charge in [0.1, 0.15) is 11.5 Å². The van der Waals surface area contributed by atoms with Crippen LogP contribution in [0.3, 0.4) is 0 Å². The molecule has 4 heteroatoms. The quantitative estimate of drug-likeness (QED) is 0.902. The number of benzene rings is 1. The van der Waals surface area contributed by atoms with Crippen LogP contribution in [0.1, 0.15) is 30.8 Å². The van der Waals surface area contributed by atoms with Gasteiger partial charge in [-0.05, 0) is 36.6 Å². The van der Waals surface area contributed by atoms with Crippen LogP contribution in [0.15, 0.2) is 24.3 Å². The fraction of sp³-hybridized carbons (Fsp3) is 0.357. The molecule has 0 fully saturated rings. The van der Waals surface area contributed by atoms with Crippen LogP contribution >= 0.6 is 0 Å². The van der Waals surface area contributed by atoms with E-state index in [9.17, 15) is 4.39 Å². The molecule has 0 aliphatic heterocycles.